The highest BCUT2D eigenvalue weighted by Gasteiger charge is 2.16. The second-order valence-electron chi connectivity index (χ2n) is 6.80. The lowest BCUT2D eigenvalue weighted by molar-refractivity contribution is 0.210. The highest BCUT2D eigenvalue weighted by molar-refractivity contribution is 5.58. The van der Waals surface area contributed by atoms with Crippen LogP contribution in [0.4, 0.5) is 5.69 Å². The van der Waals surface area contributed by atoms with Crippen LogP contribution >= 0.6 is 0 Å². The zero-order chi connectivity index (χ0) is 16.2. The number of ether oxygens (including phenoxy) is 1. The smallest absolute Gasteiger partial charge is 0.119 e. The molecule has 0 amide bonds. The van der Waals surface area contributed by atoms with E-state index in [4.69, 9.17) is 4.74 Å². The van der Waals surface area contributed by atoms with E-state index in [1.807, 2.05) is 0 Å². The molecule has 1 fully saturated rings. The van der Waals surface area contributed by atoms with Gasteiger partial charge in [-0.3, -0.25) is 0 Å². The molecule has 0 bridgehead atoms. The number of hydrogen-bond acceptors (Lipinski definition) is 2. The van der Waals surface area contributed by atoms with Crippen LogP contribution in [0.25, 0.3) is 0 Å². The number of aryl methyl sites for hydroxylation is 3. The van der Waals surface area contributed by atoms with Crippen LogP contribution in [0, 0.1) is 20.8 Å². The largest absolute Gasteiger partial charge is 0.490 e. The van der Waals surface area contributed by atoms with Crippen LogP contribution in [0.5, 0.6) is 5.75 Å². The summed E-state index contributed by atoms with van der Waals surface area (Å²) in [5.41, 5.74) is 6.47. The fraction of sp³-hybridized carbons (Fsp3) is 0.429. The Labute approximate surface area is 139 Å². The summed E-state index contributed by atoms with van der Waals surface area (Å²) >= 11 is 0. The summed E-state index contributed by atoms with van der Waals surface area (Å²) in [5.74, 6) is 1.00. The van der Waals surface area contributed by atoms with Crippen molar-refractivity contribution in [1.29, 1.82) is 0 Å². The first-order chi connectivity index (χ1) is 11.1. The van der Waals surface area contributed by atoms with Crippen molar-refractivity contribution in [2.45, 2.75) is 59.1 Å². The van der Waals surface area contributed by atoms with Crippen LogP contribution in [-0.4, -0.2) is 6.10 Å². The summed E-state index contributed by atoms with van der Waals surface area (Å²) < 4.78 is 6.02. The van der Waals surface area contributed by atoms with Gasteiger partial charge < -0.3 is 10.1 Å². The minimum Gasteiger partial charge on any atom is -0.490 e. The predicted molar refractivity (Wildman–Crippen MR) is 97.3 cm³/mol. The topological polar surface area (TPSA) is 21.3 Å². The van der Waals surface area contributed by atoms with E-state index in [0.29, 0.717) is 6.10 Å². The van der Waals surface area contributed by atoms with E-state index in [1.165, 1.54) is 53.6 Å². The molecule has 2 aromatic carbocycles. The second-order valence-corrected chi connectivity index (χ2v) is 6.80. The molecular weight excluding hydrogens is 282 g/mol. The summed E-state index contributed by atoms with van der Waals surface area (Å²) in [4.78, 5) is 0. The lowest BCUT2D eigenvalue weighted by atomic mass is 10.0. The van der Waals surface area contributed by atoms with Gasteiger partial charge in [-0.15, -0.1) is 0 Å². The van der Waals surface area contributed by atoms with E-state index in [0.717, 1.165) is 12.3 Å². The molecule has 0 atom stereocenters. The van der Waals surface area contributed by atoms with Crippen molar-refractivity contribution in [3.63, 3.8) is 0 Å². The Bertz CT molecular complexity index is 631. The fourth-order valence-electron chi connectivity index (χ4n) is 3.53. The maximum absolute atomic E-state index is 6.02. The van der Waals surface area contributed by atoms with E-state index in [1.54, 1.807) is 0 Å². The summed E-state index contributed by atoms with van der Waals surface area (Å²) in [6, 6.07) is 13.0. The molecule has 2 nitrogen and oxygen atoms in total. The zero-order valence-corrected chi connectivity index (χ0v) is 14.5. The number of rotatable bonds is 5. The van der Waals surface area contributed by atoms with Crippen molar-refractivity contribution in [2.24, 2.45) is 0 Å². The van der Waals surface area contributed by atoms with Crippen molar-refractivity contribution >= 4 is 5.69 Å². The third-order valence-corrected chi connectivity index (χ3v) is 4.67. The Kier molecular flexibility index (Phi) is 4.90. The van der Waals surface area contributed by atoms with Gasteiger partial charge in [0.15, 0.2) is 0 Å². The van der Waals surface area contributed by atoms with E-state index in [2.05, 4.69) is 62.5 Å². The van der Waals surface area contributed by atoms with Gasteiger partial charge in [0.05, 0.1) is 6.10 Å². The zero-order valence-electron chi connectivity index (χ0n) is 14.5. The molecular formula is C21H27NO. The molecule has 1 N–H and O–H groups in total. The fourth-order valence-corrected chi connectivity index (χ4v) is 3.53. The lowest BCUT2D eigenvalue weighted by Gasteiger charge is -2.15. The first kappa shape index (κ1) is 15.9. The third-order valence-electron chi connectivity index (χ3n) is 4.67. The number of nitrogens with one attached hydrogen (secondary N) is 1. The maximum Gasteiger partial charge on any atom is 0.119 e. The Morgan fingerprint density at radius 3 is 2.17 bits per heavy atom. The van der Waals surface area contributed by atoms with Gasteiger partial charge in [-0.25, -0.2) is 0 Å². The molecule has 122 valence electrons. The highest BCUT2D eigenvalue weighted by atomic mass is 16.5. The van der Waals surface area contributed by atoms with Crippen LogP contribution < -0.4 is 10.1 Å². The first-order valence-corrected chi connectivity index (χ1v) is 8.69. The third kappa shape index (κ3) is 4.07. The van der Waals surface area contributed by atoms with E-state index in [-0.39, 0.29) is 0 Å². The molecule has 1 aliphatic carbocycles. The van der Waals surface area contributed by atoms with Gasteiger partial charge in [-0.1, -0.05) is 29.8 Å². The van der Waals surface area contributed by atoms with Gasteiger partial charge in [-0.05, 0) is 75.3 Å². The molecule has 0 radical (unpaired) electrons. The average molecular weight is 309 g/mol. The molecule has 2 heteroatoms. The molecule has 0 unspecified atom stereocenters. The van der Waals surface area contributed by atoms with E-state index in [9.17, 15) is 0 Å². The van der Waals surface area contributed by atoms with Crippen LogP contribution in [0.3, 0.4) is 0 Å². The SMILES string of the molecule is Cc1cc(C)c(NCc2ccc(OC3CCCC3)cc2)c(C)c1. The Balaban J connectivity index is 1.60. The van der Waals surface area contributed by atoms with Crippen LogP contribution in [0.1, 0.15) is 47.9 Å². The van der Waals surface area contributed by atoms with Crippen molar-refractivity contribution in [3.8, 4) is 5.75 Å². The predicted octanol–water partition coefficient (Wildman–Crippen LogP) is 5.55. The van der Waals surface area contributed by atoms with E-state index < -0.39 is 0 Å². The van der Waals surface area contributed by atoms with Gasteiger partial charge in [0.2, 0.25) is 0 Å². The normalized spacial score (nSPS) is 14.9. The minimum absolute atomic E-state index is 0.428. The molecule has 23 heavy (non-hydrogen) atoms. The van der Waals surface area contributed by atoms with Crippen LogP contribution in [-0.2, 0) is 6.54 Å². The molecule has 1 saturated carbocycles. The molecule has 1 aliphatic rings. The molecule has 0 aromatic heterocycles. The average Bonchev–Trinajstić information content (AvgIpc) is 3.01. The number of anilines is 1. The first-order valence-electron chi connectivity index (χ1n) is 8.69. The number of benzene rings is 2. The van der Waals surface area contributed by atoms with Gasteiger partial charge in [-0.2, -0.15) is 0 Å². The Morgan fingerprint density at radius 1 is 0.957 bits per heavy atom. The molecule has 0 saturated heterocycles. The van der Waals surface area contributed by atoms with Crippen molar-refractivity contribution in [3.05, 3.63) is 58.7 Å². The lowest BCUT2D eigenvalue weighted by Crippen LogP contribution is -2.10. The summed E-state index contributed by atoms with van der Waals surface area (Å²) in [5, 5.41) is 3.58. The molecule has 2 aromatic rings. The number of hydrogen-bond donors (Lipinski definition) is 1. The van der Waals surface area contributed by atoms with E-state index >= 15 is 0 Å². The van der Waals surface area contributed by atoms with Gasteiger partial charge in [0.1, 0.15) is 5.75 Å². The van der Waals surface area contributed by atoms with Crippen molar-refractivity contribution in [2.75, 3.05) is 5.32 Å². The molecule has 0 aliphatic heterocycles. The summed E-state index contributed by atoms with van der Waals surface area (Å²) in [6.07, 6.45) is 5.45. The molecule has 0 spiro atoms. The van der Waals surface area contributed by atoms with Crippen molar-refractivity contribution in [1.82, 2.24) is 0 Å². The van der Waals surface area contributed by atoms with Crippen LogP contribution in [0.15, 0.2) is 36.4 Å². The Morgan fingerprint density at radius 2 is 1.57 bits per heavy atom. The minimum atomic E-state index is 0.428. The standard InChI is InChI=1S/C21H27NO/c1-15-12-16(2)21(17(3)13-15)22-14-18-8-10-20(11-9-18)23-19-6-4-5-7-19/h8-13,19,22H,4-7,14H2,1-3H3. The van der Waals surface area contributed by atoms with Gasteiger partial charge in [0, 0.05) is 12.2 Å². The summed E-state index contributed by atoms with van der Waals surface area (Å²) in [6.45, 7) is 7.32. The second kappa shape index (κ2) is 7.08. The quantitative estimate of drug-likeness (QED) is 0.782. The molecule has 3 rings (SSSR count). The van der Waals surface area contributed by atoms with Crippen molar-refractivity contribution < 1.29 is 4.74 Å². The van der Waals surface area contributed by atoms with Gasteiger partial charge >= 0.3 is 0 Å². The monoisotopic (exact) mass is 309 g/mol. The van der Waals surface area contributed by atoms with Crippen LogP contribution in [0.2, 0.25) is 0 Å². The maximum atomic E-state index is 6.02. The summed E-state index contributed by atoms with van der Waals surface area (Å²) in [7, 11) is 0. The molecule has 0 heterocycles. The highest BCUT2D eigenvalue weighted by Crippen LogP contribution is 2.25. The van der Waals surface area contributed by atoms with Gasteiger partial charge in [0.25, 0.3) is 0 Å². The Hall–Kier alpha value is -1.96.